The molecule has 0 saturated carbocycles. The van der Waals surface area contributed by atoms with Gasteiger partial charge in [-0.15, -0.1) is 0 Å². The lowest BCUT2D eigenvalue weighted by Gasteiger charge is -2.44. The Balaban J connectivity index is 1.16. The molecule has 0 amide bonds. The normalized spacial score (nSPS) is 31.4. The van der Waals surface area contributed by atoms with Crippen molar-refractivity contribution < 1.29 is 113 Å². The Labute approximate surface area is 371 Å². The second kappa shape index (κ2) is 19.9. The van der Waals surface area contributed by atoms with Crippen LogP contribution < -0.4 is 19.6 Å². The number of phenolic OH excluding ortho intramolecular Hbond substituents is 4. The van der Waals surface area contributed by atoms with E-state index in [1.807, 2.05) is 0 Å². The van der Waals surface area contributed by atoms with Crippen LogP contribution in [0, 0.1) is 0 Å². The molecule has 66 heavy (non-hydrogen) atoms. The number of esters is 1. The quantitative estimate of drug-likeness (QED) is 0.0371. The van der Waals surface area contributed by atoms with Gasteiger partial charge in [-0.3, -0.25) is 4.79 Å². The molecule has 3 fully saturated rings. The molecule has 24 heteroatoms. The van der Waals surface area contributed by atoms with E-state index < -0.39 is 157 Å². The summed E-state index contributed by atoms with van der Waals surface area (Å²) in [5, 5.41) is 135. The Bertz CT molecular complexity index is 2460. The first-order chi connectivity index (χ1) is 31.4. The van der Waals surface area contributed by atoms with Gasteiger partial charge in [-0.1, -0.05) is 6.07 Å². The van der Waals surface area contributed by atoms with Gasteiger partial charge in [0.1, 0.15) is 90.1 Å². The number of ether oxygens (including phenoxy) is 8. The molecular weight excluding hydrogens is 888 g/mol. The van der Waals surface area contributed by atoms with Crippen molar-refractivity contribution in [3.63, 3.8) is 0 Å². The molecule has 14 atom stereocenters. The highest BCUT2D eigenvalue weighted by atomic mass is 16.8. The lowest BCUT2D eigenvalue weighted by Crippen LogP contribution is -2.63. The number of hydrogen-bond acceptors (Lipinski definition) is 24. The number of hydrogen-bond donors (Lipinski definition) is 13. The van der Waals surface area contributed by atoms with Crippen LogP contribution in [0.2, 0.25) is 0 Å². The first-order valence-corrected chi connectivity index (χ1v) is 19.9. The Morgan fingerprint density at radius 2 is 1.41 bits per heavy atom. The molecule has 7 rings (SSSR count). The van der Waals surface area contributed by atoms with Gasteiger partial charge in [-0.2, -0.15) is 0 Å². The van der Waals surface area contributed by atoms with Gasteiger partial charge in [0.05, 0.1) is 20.3 Å². The minimum atomic E-state index is -2.07. The highest BCUT2D eigenvalue weighted by Crippen LogP contribution is 2.40. The molecule has 3 aliphatic heterocycles. The third-order valence-electron chi connectivity index (χ3n) is 10.9. The number of benzene rings is 3. The summed E-state index contributed by atoms with van der Waals surface area (Å²) < 4.78 is 50.3. The molecule has 5 unspecified atom stereocenters. The smallest absolute Gasteiger partial charge is 0.330 e. The number of aliphatic hydroxyl groups excluding tert-OH is 9. The van der Waals surface area contributed by atoms with E-state index in [2.05, 4.69) is 0 Å². The standard InChI is InChI=1S/C42H46O24/c1-58-23-8-15(2-5-19(23)45)3-7-27(49)59-14-26-31(52)34(55)36(57)41(64-26)66-39-29(50)22(48)13-60-42(39)65-38-32(53)28-21(47)10-17(61-40-35(56)33(54)30(51)25(12-43)63-40)11-24(28)62-37(38)16-4-6-18(44)20(46)9-16/h2-11,22,25-26,29-31,33-36,39-48,50-52,54-57H,12-14H2,1H3/b7-3+/t22-,25?,26?,29?,30+,31+,33-,34-,35?,36?,39-,40+,41-,42+/m0/s1. The first-order valence-electron chi connectivity index (χ1n) is 19.9. The number of carbonyl (C=O) groups is 1. The molecule has 0 spiro atoms. The second-order valence-electron chi connectivity index (χ2n) is 15.3. The maximum absolute atomic E-state index is 14.3. The number of aliphatic hydroxyl groups is 9. The van der Waals surface area contributed by atoms with Crippen LogP contribution in [0.15, 0.2) is 63.8 Å². The van der Waals surface area contributed by atoms with Gasteiger partial charge >= 0.3 is 5.97 Å². The van der Waals surface area contributed by atoms with Crippen LogP contribution in [0.3, 0.4) is 0 Å². The van der Waals surface area contributed by atoms with Gasteiger partial charge in [0.2, 0.25) is 23.8 Å². The highest BCUT2D eigenvalue weighted by molar-refractivity contribution is 5.89. The van der Waals surface area contributed by atoms with Gasteiger partial charge in [-0.05, 0) is 42.0 Å². The summed E-state index contributed by atoms with van der Waals surface area (Å²) in [5.74, 6) is -4.72. The maximum Gasteiger partial charge on any atom is 0.330 e. The van der Waals surface area contributed by atoms with Crippen molar-refractivity contribution >= 4 is 23.0 Å². The molecule has 0 bridgehead atoms. The van der Waals surface area contributed by atoms with E-state index in [-0.39, 0.29) is 22.8 Å². The average Bonchev–Trinajstić information content (AvgIpc) is 3.29. The van der Waals surface area contributed by atoms with E-state index in [4.69, 9.17) is 42.3 Å². The number of methoxy groups -OCH3 is 1. The number of fused-ring (bicyclic) bond motifs is 1. The Morgan fingerprint density at radius 1 is 0.727 bits per heavy atom. The zero-order valence-corrected chi connectivity index (χ0v) is 34.3. The van der Waals surface area contributed by atoms with Gasteiger partial charge in [0.25, 0.3) is 0 Å². The second-order valence-corrected chi connectivity index (χ2v) is 15.3. The van der Waals surface area contributed by atoms with E-state index in [0.717, 1.165) is 30.3 Å². The molecule has 4 aromatic rings. The van der Waals surface area contributed by atoms with Gasteiger partial charge < -0.3 is 109 Å². The summed E-state index contributed by atoms with van der Waals surface area (Å²) in [6.45, 7) is -2.15. The Kier molecular flexibility index (Phi) is 14.5. The minimum absolute atomic E-state index is 0.133. The third-order valence-corrected chi connectivity index (χ3v) is 10.9. The molecule has 358 valence electrons. The van der Waals surface area contributed by atoms with Crippen molar-refractivity contribution in [2.45, 2.75) is 86.0 Å². The van der Waals surface area contributed by atoms with Crippen molar-refractivity contribution in [1.29, 1.82) is 0 Å². The zero-order valence-electron chi connectivity index (χ0n) is 34.3. The summed E-state index contributed by atoms with van der Waals surface area (Å²) in [4.78, 5) is 26.9. The molecule has 0 radical (unpaired) electrons. The molecular formula is C42H46O24. The number of phenols is 4. The Morgan fingerprint density at radius 3 is 2.11 bits per heavy atom. The Hall–Kier alpha value is -5.84. The van der Waals surface area contributed by atoms with E-state index in [0.29, 0.717) is 5.56 Å². The summed E-state index contributed by atoms with van der Waals surface area (Å²) in [6, 6.07) is 9.35. The van der Waals surface area contributed by atoms with Crippen LogP contribution in [-0.2, 0) is 28.5 Å². The first kappa shape index (κ1) is 48.1. The molecule has 3 saturated heterocycles. The van der Waals surface area contributed by atoms with Crippen LogP contribution in [0.5, 0.6) is 40.2 Å². The predicted octanol–water partition coefficient (Wildman–Crippen LogP) is -2.62. The van der Waals surface area contributed by atoms with E-state index in [1.54, 1.807) is 0 Å². The molecule has 13 N–H and O–H groups in total. The van der Waals surface area contributed by atoms with Crippen LogP contribution >= 0.6 is 0 Å². The van der Waals surface area contributed by atoms with E-state index in [1.165, 1.54) is 37.5 Å². The van der Waals surface area contributed by atoms with Gasteiger partial charge in [0, 0.05) is 23.8 Å². The summed E-state index contributed by atoms with van der Waals surface area (Å²) in [6.07, 6.45) is -23.2. The third kappa shape index (κ3) is 9.81. The fourth-order valence-electron chi connectivity index (χ4n) is 7.21. The molecule has 3 aliphatic rings. The topological polar surface area (TPSA) is 384 Å². The van der Waals surface area contributed by atoms with Crippen molar-refractivity contribution in [3.05, 3.63) is 70.4 Å². The number of carbonyl (C=O) groups excluding carboxylic acids is 1. The molecule has 1 aromatic heterocycles. The van der Waals surface area contributed by atoms with Crippen molar-refractivity contribution in [3.8, 4) is 51.6 Å². The number of aromatic hydroxyl groups is 4. The molecule has 4 heterocycles. The predicted molar refractivity (Wildman–Crippen MR) is 216 cm³/mol. The molecule has 3 aromatic carbocycles. The summed E-state index contributed by atoms with van der Waals surface area (Å²) >= 11 is 0. The molecule has 0 aliphatic carbocycles. The van der Waals surface area contributed by atoms with Gasteiger partial charge in [-0.25, -0.2) is 4.79 Å². The van der Waals surface area contributed by atoms with Crippen LogP contribution in [-0.4, -0.2) is 185 Å². The number of rotatable bonds is 13. The summed E-state index contributed by atoms with van der Waals surface area (Å²) in [7, 11) is 1.33. The zero-order chi connectivity index (χ0) is 47.7. The van der Waals surface area contributed by atoms with Crippen LogP contribution in [0.25, 0.3) is 28.4 Å². The highest BCUT2D eigenvalue weighted by Gasteiger charge is 2.50. The summed E-state index contributed by atoms with van der Waals surface area (Å²) in [5.41, 5.74) is -1.29. The van der Waals surface area contributed by atoms with Crippen LogP contribution in [0.4, 0.5) is 0 Å². The van der Waals surface area contributed by atoms with Crippen molar-refractivity contribution in [2.24, 2.45) is 0 Å². The minimum Gasteiger partial charge on any atom is -0.507 e. The van der Waals surface area contributed by atoms with Crippen molar-refractivity contribution in [1.82, 2.24) is 0 Å². The van der Waals surface area contributed by atoms with E-state index in [9.17, 15) is 76.0 Å². The largest absolute Gasteiger partial charge is 0.507 e. The van der Waals surface area contributed by atoms with Crippen LogP contribution in [0.1, 0.15) is 5.56 Å². The fraction of sp³-hybridized carbons (Fsp3) is 0.429. The fourth-order valence-corrected chi connectivity index (χ4v) is 7.21. The van der Waals surface area contributed by atoms with Crippen molar-refractivity contribution in [2.75, 3.05) is 26.9 Å². The molecule has 24 nitrogen and oxygen atoms in total. The lowest BCUT2D eigenvalue weighted by molar-refractivity contribution is -0.348. The monoisotopic (exact) mass is 934 g/mol. The maximum atomic E-state index is 14.3. The van der Waals surface area contributed by atoms with Gasteiger partial charge in [0.15, 0.2) is 41.2 Å². The SMILES string of the molecule is COc1cc(/C=C/C(=O)OCC2O[C@@H](O[C@H]3C(O)[C@@H](O)CO[C@@H]3Oc3c(-c4ccc(O)c(O)c4)oc4cc(O[C@@H]5OC(CO)[C@@H](O)[C@H](O)C5O)cc(O)c4c3=O)C(O)[C@@H](O)[C@@H]2O)ccc1O. The lowest BCUT2D eigenvalue weighted by atomic mass is 9.98. The van der Waals surface area contributed by atoms with E-state index >= 15 is 0 Å². The average molecular weight is 935 g/mol.